The molecule has 96 valence electrons. The first-order valence-corrected chi connectivity index (χ1v) is 7.27. The zero-order chi connectivity index (χ0) is 13.4. The Labute approximate surface area is 98.2 Å². The maximum atomic E-state index is 10.9. The van der Waals surface area contributed by atoms with Crippen LogP contribution in [0, 0.1) is 6.92 Å². The summed E-state index contributed by atoms with van der Waals surface area (Å²) in [5.41, 5.74) is -0.394. The van der Waals surface area contributed by atoms with Gasteiger partial charge in [0.25, 0.3) is 20.2 Å². The van der Waals surface area contributed by atoms with E-state index in [1.54, 1.807) is 0 Å². The molecule has 0 saturated carbocycles. The summed E-state index contributed by atoms with van der Waals surface area (Å²) in [6.07, 6.45) is 0. The summed E-state index contributed by atoms with van der Waals surface area (Å²) in [5.74, 6) is -0.618. The van der Waals surface area contributed by atoms with Gasteiger partial charge >= 0.3 is 0 Å². The van der Waals surface area contributed by atoms with Crippen molar-refractivity contribution in [2.75, 3.05) is 0 Å². The molecule has 0 fully saturated rings. The molecule has 0 amide bonds. The second-order valence-corrected chi connectivity index (χ2v) is 6.68. The van der Waals surface area contributed by atoms with E-state index < -0.39 is 36.1 Å². The average molecular weight is 282 g/mol. The van der Waals surface area contributed by atoms with Crippen LogP contribution < -0.4 is 0 Å². The molecule has 0 saturated heterocycles. The Hall–Kier alpha value is -1.16. The van der Waals surface area contributed by atoms with Crippen molar-refractivity contribution in [2.45, 2.75) is 11.5 Å². The molecule has 0 spiro atoms. The van der Waals surface area contributed by atoms with Crippen molar-refractivity contribution in [3.05, 3.63) is 29.3 Å². The van der Waals surface area contributed by atoms with E-state index >= 15 is 0 Å². The van der Waals surface area contributed by atoms with Crippen molar-refractivity contribution in [1.82, 2.24) is 0 Å². The molecule has 3 N–H and O–H groups in total. The first kappa shape index (κ1) is 13.9. The van der Waals surface area contributed by atoms with Gasteiger partial charge < -0.3 is 5.11 Å². The van der Waals surface area contributed by atoms with Crippen LogP contribution in [0.15, 0.2) is 18.2 Å². The highest BCUT2D eigenvalue weighted by Crippen LogP contribution is 2.34. The fraction of sp³-hybridized carbons (Fsp3) is 0.250. The summed E-state index contributed by atoms with van der Waals surface area (Å²) in [6.45, 7) is 1.41. The minimum atomic E-state index is -5.11. The summed E-state index contributed by atoms with van der Waals surface area (Å²) in [7, 11) is -10.2. The van der Waals surface area contributed by atoms with Crippen molar-refractivity contribution >= 4 is 20.2 Å². The van der Waals surface area contributed by atoms with Crippen LogP contribution in [0.5, 0.6) is 5.75 Å². The largest absolute Gasteiger partial charge is 0.507 e. The Morgan fingerprint density at radius 3 is 1.94 bits per heavy atom. The van der Waals surface area contributed by atoms with Crippen molar-refractivity contribution in [3.63, 3.8) is 0 Å². The molecule has 0 aliphatic heterocycles. The number of hydrogen-bond acceptors (Lipinski definition) is 5. The molecule has 1 rings (SSSR count). The third kappa shape index (κ3) is 2.94. The monoisotopic (exact) mass is 282 g/mol. The number of aromatic hydroxyl groups is 1. The van der Waals surface area contributed by atoms with Gasteiger partial charge in [0.1, 0.15) is 5.75 Å². The van der Waals surface area contributed by atoms with E-state index in [0.29, 0.717) is 0 Å². The Kier molecular flexibility index (Phi) is 3.48. The van der Waals surface area contributed by atoms with Crippen LogP contribution >= 0.6 is 0 Å². The summed E-state index contributed by atoms with van der Waals surface area (Å²) in [4.78, 5) is 0. The molecule has 0 aromatic heterocycles. The normalized spacial score (nSPS) is 12.9. The average Bonchev–Trinajstić information content (AvgIpc) is 2.08. The maximum absolute atomic E-state index is 10.9. The third-order valence-electron chi connectivity index (χ3n) is 2.06. The number of phenolic OH excluding ortho intramolecular Hbond substituents is 1. The van der Waals surface area contributed by atoms with Gasteiger partial charge in [0.05, 0.1) is 0 Å². The van der Waals surface area contributed by atoms with Crippen molar-refractivity contribution in [1.29, 1.82) is 0 Å². The molecule has 0 aliphatic rings. The van der Waals surface area contributed by atoms with Gasteiger partial charge in [-0.1, -0.05) is 18.2 Å². The molecule has 0 atom stereocenters. The van der Waals surface area contributed by atoms with Crippen LogP contribution in [-0.4, -0.2) is 31.0 Å². The van der Waals surface area contributed by atoms with Gasteiger partial charge in [-0.15, -0.1) is 0 Å². The highest BCUT2D eigenvalue weighted by Gasteiger charge is 2.39. The molecule has 0 radical (unpaired) electrons. The highest BCUT2D eigenvalue weighted by molar-refractivity contribution is 8.03. The van der Waals surface area contributed by atoms with Gasteiger partial charge in [-0.3, -0.25) is 9.11 Å². The summed E-state index contributed by atoms with van der Waals surface area (Å²) < 4.78 is 58.8. The van der Waals surface area contributed by atoms with Crippen molar-refractivity contribution < 1.29 is 31.0 Å². The van der Waals surface area contributed by atoms with Gasteiger partial charge in [0, 0.05) is 5.56 Å². The van der Waals surface area contributed by atoms with E-state index in [0.717, 1.165) is 6.07 Å². The van der Waals surface area contributed by atoms with Gasteiger partial charge in [0.15, 0.2) is 0 Å². The Bertz CT molecular complexity index is 598. The summed E-state index contributed by atoms with van der Waals surface area (Å²) in [6, 6.07) is 3.67. The zero-order valence-corrected chi connectivity index (χ0v) is 10.2. The minimum absolute atomic E-state index is 0.208. The number of benzene rings is 1. The first-order valence-electron chi connectivity index (χ1n) is 4.26. The molecule has 0 aliphatic carbocycles. The van der Waals surface area contributed by atoms with Crippen LogP contribution in [0.1, 0.15) is 15.7 Å². The molecular formula is C8H10O7S2. The van der Waals surface area contributed by atoms with Crippen LogP contribution in [0.3, 0.4) is 0 Å². The van der Waals surface area contributed by atoms with Gasteiger partial charge in [-0.2, -0.15) is 16.8 Å². The lowest BCUT2D eigenvalue weighted by Crippen LogP contribution is -2.21. The lowest BCUT2D eigenvalue weighted by molar-refractivity contribution is 0.442. The fourth-order valence-corrected chi connectivity index (χ4v) is 3.60. The van der Waals surface area contributed by atoms with E-state index in [1.807, 2.05) is 0 Å². The molecule has 0 heterocycles. The van der Waals surface area contributed by atoms with Crippen LogP contribution in [0.2, 0.25) is 0 Å². The number of phenols is 1. The SMILES string of the molecule is Cc1cccc(C(S(=O)(=O)O)S(=O)(=O)O)c1O. The molecule has 0 unspecified atom stereocenters. The number of rotatable bonds is 3. The molecule has 0 bridgehead atoms. The van der Waals surface area contributed by atoms with E-state index in [1.165, 1.54) is 19.1 Å². The molecule has 17 heavy (non-hydrogen) atoms. The predicted octanol–water partition coefficient (Wildman–Crippen LogP) is 0.475. The number of para-hydroxylation sites is 1. The Morgan fingerprint density at radius 1 is 1.06 bits per heavy atom. The Balaban J connectivity index is 3.62. The van der Waals surface area contributed by atoms with Gasteiger partial charge in [0.2, 0.25) is 4.58 Å². The first-order chi connectivity index (χ1) is 7.55. The lowest BCUT2D eigenvalue weighted by atomic mass is 10.1. The topological polar surface area (TPSA) is 129 Å². The van der Waals surface area contributed by atoms with E-state index in [9.17, 15) is 21.9 Å². The van der Waals surface area contributed by atoms with Gasteiger partial charge in [-0.25, -0.2) is 0 Å². The third-order valence-corrected chi connectivity index (χ3v) is 5.11. The molecule has 7 nitrogen and oxygen atoms in total. The lowest BCUT2D eigenvalue weighted by Gasteiger charge is -2.13. The van der Waals surface area contributed by atoms with E-state index in [4.69, 9.17) is 9.11 Å². The Morgan fingerprint density at radius 2 is 1.53 bits per heavy atom. The smallest absolute Gasteiger partial charge is 0.289 e. The van der Waals surface area contributed by atoms with E-state index in [2.05, 4.69) is 0 Å². The van der Waals surface area contributed by atoms with Crippen molar-refractivity contribution in [3.8, 4) is 5.75 Å². The highest BCUT2D eigenvalue weighted by atomic mass is 32.3. The number of aryl methyl sites for hydroxylation is 1. The second kappa shape index (κ2) is 4.26. The molecule has 9 heteroatoms. The molecule has 1 aromatic rings. The molecule has 1 aromatic carbocycles. The standard InChI is InChI=1S/C8H10O7S2/c1-5-3-2-4-6(7(5)9)8(16(10,11)12)17(13,14)15/h2-4,8-9H,1H3,(H,10,11,12)(H,13,14,15). The van der Waals surface area contributed by atoms with E-state index in [-0.39, 0.29) is 5.56 Å². The maximum Gasteiger partial charge on any atom is 0.289 e. The minimum Gasteiger partial charge on any atom is -0.507 e. The fourth-order valence-electron chi connectivity index (χ4n) is 1.35. The van der Waals surface area contributed by atoms with Crippen LogP contribution in [0.25, 0.3) is 0 Å². The second-order valence-electron chi connectivity index (χ2n) is 3.37. The van der Waals surface area contributed by atoms with Gasteiger partial charge in [-0.05, 0) is 12.5 Å². The summed E-state index contributed by atoms with van der Waals surface area (Å²) >= 11 is 0. The zero-order valence-electron chi connectivity index (χ0n) is 8.60. The quantitative estimate of drug-likeness (QED) is 0.687. The predicted molar refractivity (Wildman–Crippen MR) is 58.7 cm³/mol. The van der Waals surface area contributed by atoms with Crippen LogP contribution in [0.4, 0.5) is 0 Å². The van der Waals surface area contributed by atoms with Crippen LogP contribution in [-0.2, 0) is 20.2 Å². The molecular weight excluding hydrogens is 272 g/mol. The van der Waals surface area contributed by atoms with Crippen molar-refractivity contribution in [2.24, 2.45) is 0 Å². The number of hydrogen-bond donors (Lipinski definition) is 3. The summed E-state index contributed by atoms with van der Waals surface area (Å²) in [5, 5.41) is 9.54.